The Bertz CT molecular complexity index is 1310. The Morgan fingerprint density at radius 2 is 1.89 bits per heavy atom. The van der Waals surface area contributed by atoms with E-state index in [2.05, 4.69) is 20.4 Å². The van der Waals surface area contributed by atoms with Crippen molar-refractivity contribution in [1.29, 1.82) is 0 Å². The molecule has 1 fully saturated rings. The lowest BCUT2D eigenvalue weighted by Gasteiger charge is -2.30. The largest absolute Gasteiger partial charge is 0.473 e. The smallest absolute Gasteiger partial charge is 0.417 e. The molecule has 0 bridgehead atoms. The van der Waals surface area contributed by atoms with Crippen LogP contribution in [0.5, 0.6) is 0 Å². The molecule has 5 rings (SSSR count). The van der Waals surface area contributed by atoms with Gasteiger partial charge in [-0.05, 0) is 37.8 Å². The number of nitrogens with zero attached hydrogens (tertiary/aromatic N) is 6. The number of aromatic nitrogens is 4. The predicted octanol–water partition coefficient (Wildman–Crippen LogP) is 4.19. The summed E-state index contributed by atoms with van der Waals surface area (Å²) in [6.07, 6.45) is 4.89. The molecule has 0 radical (unpaired) electrons. The summed E-state index contributed by atoms with van der Waals surface area (Å²) in [5.74, 6) is 1.10. The van der Waals surface area contributed by atoms with Crippen molar-refractivity contribution in [2.75, 3.05) is 19.4 Å². The third-order valence-electron chi connectivity index (χ3n) is 6.51. The number of fused-ring (bicyclic) bond motifs is 1. The van der Waals surface area contributed by atoms with Gasteiger partial charge < -0.3 is 15.2 Å². The molecule has 3 aromatic rings. The van der Waals surface area contributed by atoms with Gasteiger partial charge in [0.05, 0.1) is 17.1 Å². The average Bonchev–Trinajstić information content (AvgIpc) is 3.25. The zero-order valence-electron chi connectivity index (χ0n) is 19.8. The van der Waals surface area contributed by atoms with Crippen LogP contribution in [-0.4, -0.2) is 62.2 Å². The molecule has 3 aromatic heterocycles. The van der Waals surface area contributed by atoms with Gasteiger partial charge in [-0.15, -0.1) is 5.10 Å². The maximum Gasteiger partial charge on any atom is 0.417 e. The molecular weight excluding hydrogens is 475 g/mol. The first-order chi connectivity index (χ1) is 17.2. The monoisotopic (exact) mass is 501 g/mol. The molecule has 2 N–H and O–H groups in total. The van der Waals surface area contributed by atoms with Crippen molar-refractivity contribution in [3.05, 3.63) is 48.4 Å². The van der Waals surface area contributed by atoms with Gasteiger partial charge in [-0.1, -0.05) is 0 Å². The van der Waals surface area contributed by atoms with Crippen LogP contribution in [0.25, 0.3) is 22.2 Å². The van der Waals surface area contributed by atoms with Crippen molar-refractivity contribution in [3.63, 3.8) is 0 Å². The van der Waals surface area contributed by atoms with E-state index in [-0.39, 0.29) is 17.7 Å². The molecule has 1 saturated carbocycles. The Kier molecular flexibility index (Phi) is 6.29. The lowest BCUT2D eigenvalue weighted by atomic mass is 9.93. The first kappa shape index (κ1) is 24.0. The quantitative estimate of drug-likeness (QED) is 0.553. The van der Waals surface area contributed by atoms with E-state index in [1.54, 1.807) is 32.4 Å². The minimum atomic E-state index is -4.50. The number of ether oxygens (including phenoxy) is 1. The molecule has 36 heavy (non-hydrogen) atoms. The molecular formula is C24H26F3N7O2. The summed E-state index contributed by atoms with van der Waals surface area (Å²) >= 11 is 0. The summed E-state index contributed by atoms with van der Waals surface area (Å²) in [5.41, 5.74) is 0.678. The molecule has 1 atom stereocenters. The van der Waals surface area contributed by atoms with Crippen molar-refractivity contribution in [2.45, 2.75) is 50.2 Å². The first-order valence-corrected chi connectivity index (χ1v) is 11.7. The van der Waals surface area contributed by atoms with Crippen LogP contribution in [0.1, 0.15) is 37.3 Å². The van der Waals surface area contributed by atoms with E-state index in [1.807, 2.05) is 10.7 Å². The second-order valence-electron chi connectivity index (χ2n) is 8.92. The topological polar surface area (TPSA) is 101 Å². The number of halogens is 3. The van der Waals surface area contributed by atoms with Crippen molar-refractivity contribution >= 4 is 22.6 Å². The van der Waals surface area contributed by atoms with E-state index in [4.69, 9.17) is 9.84 Å². The summed E-state index contributed by atoms with van der Waals surface area (Å²) in [6.45, 7) is 0. The summed E-state index contributed by atoms with van der Waals surface area (Å²) in [4.78, 5) is 8.17. The van der Waals surface area contributed by atoms with Gasteiger partial charge in [0, 0.05) is 55.8 Å². The highest BCUT2D eigenvalue weighted by Crippen LogP contribution is 2.37. The third-order valence-corrected chi connectivity index (χ3v) is 6.51. The summed E-state index contributed by atoms with van der Waals surface area (Å²) in [5, 5.41) is 23.8. The SMILES string of the molecule is CNc1cc2c(cn1)c(-c1cncc(C(F)(F)F)c1)nn2[C@H]1CC[C@@H](OC2=NN(C)C(O)C=C2)CC1. The van der Waals surface area contributed by atoms with Crippen LogP contribution in [0.15, 0.2) is 48.0 Å². The zero-order valence-corrected chi connectivity index (χ0v) is 19.8. The average molecular weight is 502 g/mol. The van der Waals surface area contributed by atoms with Gasteiger partial charge in [-0.2, -0.15) is 18.3 Å². The maximum atomic E-state index is 13.3. The molecule has 0 amide bonds. The fourth-order valence-corrected chi connectivity index (χ4v) is 4.57. The van der Waals surface area contributed by atoms with Crippen molar-refractivity contribution in [1.82, 2.24) is 24.8 Å². The summed E-state index contributed by atoms with van der Waals surface area (Å²) < 4.78 is 47.9. The number of hydrazone groups is 1. The summed E-state index contributed by atoms with van der Waals surface area (Å²) in [7, 11) is 3.43. The van der Waals surface area contributed by atoms with E-state index in [9.17, 15) is 18.3 Å². The lowest BCUT2D eigenvalue weighted by Crippen LogP contribution is -2.32. The van der Waals surface area contributed by atoms with E-state index < -0.39 is 18.0 Å². The van der Waals surface area contributed by atoms with E-state index in [0.717, 1.165) is 43.5 Å². The number of aliphatic hydroxyl groups excluding tert-OH is 1. The second kappa shape index (κ2) is 9.41. The van der Waals surface area contributed by atoms with Crippen LogP contribution in [0.4, 0.5) is 19.0 Å². The number of pyridine rings is 2. The van der Waals surface area contributed by atoms with Crippen LogP contribution in [0, 0.1) is 0 Å². The Morgan fingerprint density at radius 1 is 1.11 bits per heavy atom. The minimum Gasteiger partial charge on any atom is -0.473 e. The lowest BCUT2D eigenvalue weighted by molar-refractivity contribution is -0.137. The van der Waals surface area contributed by atoms with E-state index in [0.29, 0.717) is 22.8 Å². The van der Waals surface area contributed by atoms with E-state index >= 15 is 0 Å². The molecule has 0 spiro atoms. The molecule has 4 heterocycles. The molecule has 1 aliphatic heterocycles. The van der Waals surface area contributed by atoms with Crippen LogP contribution in [0.3, 0.4) is 0 Å². The van der Waals surface area contributed by atoms with Gasteiger partial charge in [-0.25, -0.2) is 4.98 Å². The van der Waals surface area contributed by atoms with Crippen LogP contribution in [-0.2, 0) is 10.9 Å². The fourth-order valence-electron chi connectivity index (χ4n) is 4.57. The Hall–Kier alpha value is -3.67. The van der Waals surface area contributed by atoms with E-state index in [1.165, 1.54) is 11.2 Å². The van der Waals surface area contributed by atoms with Gasteiger partial charge in [0.25, 0.3) is 0 Å². The summed E-state index contributed by atoms with van der Waals surface area (Å²) in [6, 6.07) is 2.97. The van der Waals surface area contributed by atoms with Crippen molar-refractivity contribution in [2.24, 2.45) is 5.10 Å². The Morgan fingerprint density at radius 3 is 2.58 bits per heavy atom. The highest BCUT2D eigenvalue weighted by Gasteiger charge is 2.32. The molecule has 0 saturated heterocycles. The molecule has 0 aromatic carbocycles. The standard InChI is InChI=1S/C24H26F3N7O2/c1-28-20-10-19-18(13-30-20)23(14-9-15(12-29-11-14)24(25,26)27)32-34(19)16-3-5-17(6-4-16)36-21-7-8-22(35)33(2)31-21/h7-13,16-17,22,35H,3-6H2,1-2H3,(H,28,30)/t16-,17+,22?. The number of nitrogens with one attached hydrogen (secondary N) is 1. The van der Waals surface area contributed by atoms with Crippen LogP contribution in [0.2, 0.25) is 0 Å². The van der Waals surface area contributed by atoms with Gasteiger partial charge in [0.2, 0.25) is 5.90 Å². The second-order valence-corrected chi connectivity index (χ2v) is 8.92. The number of hydrogen-bond acceptors (Lipinski definition) is 8. The highest BCUT2D eigenvalue weighted by atomic mass is 19.4. The third kappa shape index (κ3) is 4.72. The predicted molar refractivity (Wildman–Crippen MR) is 128 cm³/mol. The number of likely N-dealkylation sites (N-methyl/N-ethyl adjacent to an activating group) is 1. The molecule has 9 nitrogen and oxygen atoms in total. The number of anilines is 1. The number of hydrogen-bond donors (Lipinski definition) is 2. The van der Waals surface area contributed by atoms with Gasteiger partial charge in [-0.3, -0.25) is 14.7 Å². The van der Waals surface area contributed by atoms with Gasteiger partial charge >= 0.3 is 6.18 Å². The van der Waals surface area contributed by atoms with Gasteiger partial charge in [0.15, 0.2) is 6.23 Å². The van der Waals surface area contributed by atoms with Crippen LogP contribution >= 0.6 is 0 Å². The molecule has 12 heteroatoms. The zero-order chi connectivity index (χ0) is 25.4. The fraction of sp³-hybridized carbons (Fsp3) is 0.417. The van der Waals surface area contributed by atoms with Crippen molar-refractivity contribution in [3.8, 4) is 11.3 Å². The van der Waals surface area contributed by atoms with Crippen LogP contribution < -0.4 is 5.32 Å². The molecule has 190 valence electrons. The highest BCUT2D eigenvalue weighted by molar-refractivity contribution is 5.94. The number of rotatable bonds is 4. The molecule has 2 aliphatic rings. The molecule has 1 unspecified atom stereocenters. The minimum absolute atomic E-state index is 0.0307. The molecule has 1 aliphatic carbocycles. The first-order valence-electron chi connectivity index (χ1n) is 11.7. The Labute approximate surface area is 205 Å². The number of alkyl halides is 3. The number of aliphatic hydroxyl groups is 1. The Balaban J connectivity index is 1.41. The van der Waals surface area contributed by atoms with Crippen molar-refractivity contribution < 1.29 is 23.0 Å². The maximum absolute atomic E-state index is 13.3. The van der Waals surface area contributed by atoms with Gasteiger partial charge in [0.1, 0.15) is 17.6 Å². The normalized spacial score (nSPS) is 22.6.